The Balaban J connectivity index is 1.88. The van der Waals surface area contributed by atoms with Crippen molar-refractivity contribution in [3.8, 4) is 5.75 Å². The molecule has 3 rings (SSSR count). The van der Waals surface area contributed by atoms with E-state index >= 15 is 0 Å². The van der Waals surface area contributed by atoms with Gasteiger partial charge in [0.1, 0.15) is 16.9 Å². The van der Waals surface area contributed by atoms with Crippen LogP contribution in [0.15, 0.2) is 21.3 Å². The lowest BCUT2D eigenvalue weighted by Crippen LogP contribution is -2.27. The van der Waals surface area contributed by atoms with Crippen molar-refractivity contribution in [1.29, 1.82) is 0 Å². The molecule has 128 valence electrons. The highest BCUT2D eigenvalue weighted by Gasteiger charge is 2.21. The lowest BCUT2D eigenvalue weighted by molar-refractivity contribution is -0.157. The fourth-order valence-corrected chi connectivity index (χ4v) is 3.12. The summed E-state index contributed by atoms with van der Waals surface area (Å²) in [4.78, 5) is 23.8. The van der Waals surface area contributed by atoms with Gasteiger partial charge in [0.05, 0.1) is 5.02 Å². The molecule has 0 fully saturated rings. The molecule has 0 saturated heterocycles. The van der Waals surface area contributed by atoms with Gasteiger partial charge in [-0.15, -0.1) is 0 Å². The zero-order valence-corrected chi connectivity index (χ0v) is 14.7. The Bertz CT molecular complexity index is 860. The highest BCUT2D eigenvalue weighted by molar-refractivity contribution is 6.32. The van der Waals surface area contributed by atoms with Gasteiger partial charge in [0, 0.05) is 17.0 Å². The number of esters is 1. The summed E-state index contributed by atoms with van der Waals surface area (Å²) in [6.45, 7) is 5.08. The number of fused-ring (bicyclic) bond motifs is 3. The van der Waals surface area contributed by atoms with Gasteiger partial charge in [-0.3, -0.25) is 0 Å². The van der Waals surface area contributed by atoms with Gasteiger partial charge in [-0.05, 0) is 51.7 Å². The number of ether oxygens (including phenoxy) is 2. The van der Waals surface area contributed by atoms with Gasteiger partial charge in [-0.1, -0.05) is 11.6 Å². The summed E-state index contributed by atoms with van der Waals surface area (Å²) < 4.78 is 16.0. The van der Waals surface area contributed by atoms with Crippen LogP contribution in [0.2, 0.25) is 5.02 Å². The summed E-state index contributed by atoms with van der Waals surface area (Å²) in [7, 11) is 0. The second-order valence-electron chi connectivity index (χ2n) is 6.85. The van der Waals surface area contributed by atoms with Gasteiger partial charge in [0.25, 0.3) is 0 Å². The number of carbonyl (C=O) groups excluding carboxylic acids is 1. The van der Waals surface area contributed by atoms with Crippen molar-refractivity contribution in [3.05, 3.63) is 38.7 Å². The quantitative estimate of drug-likeness (QED) is 0.624. The fraction of sp³-hybridized carbons (Fsp3) is 0.444. The van der Waals surface area contributed by atoms with Crippen molar-refractivity contribution < 1.29 is 18.7 Å². The minimum Gasteiger partial charge on any atom is -0.480 e. The van der Waals surface area contributed by atoms with E-state index in [4.69, 9.17) is 25.5 Å². The summed E-state index contributed by atoms with van der Waals surface area (Å²) in [5.41, 5.74) is 1.27. The van der Waals surface area contributed by atoms with E-state index in [2.05, 4.69) is 0 Å². The molecule has 0 radical (unpaired) electrons. The van der Waals surface area contributed by atoms with E-state index in [1.807, 2.05) is 0 Å². The molecule has 1 aliphatic rings. The van der Waals surface area contributed by atoms with E-state index in [1.54, 1.807) is 32.9 Å². The van der Waals surface area contributed by atoms with Crippen LogP contribution in [-0.2, 0) is 22.4 Å². The number of aryl methyl sites for hydroxylation is 1. The highest BCUT2D eigenvalue weighted by Crippen LogP contribution is 2.34. The van der Waals surface area contributed by atoms with Gasteiger partial charge in [0.15, 0.2) is 6.61 Å². The second kappa shape index (κ2) is 6.13. The molecular formula is C18H19ClO5. The summed E-state index contributed by atoms with van der Waals surface area (Å²) in [6, 6.07) is 3.29. The molecule has 0 atom stereocenters. The van der Waals surface area contributed by atoms with E-state index in [0.29, 0.717) is 10.6 Å². The van der Waals surface area contributed by atoms with Gasteiger partial charge in [-0.2, -0.15) is 0 Å². The largest absolute Gasteiger partial charge is 0.480 e. The molecule has 0 saturated carbocycles. The van der Waals surface area contributed by atoms with Crippen LogP contribution in [-0.4, -0.2) is 18.2 Å². The van der Waals surface area contributed by atoms with Crippen LogP contribution in [0.25, 0.3) is 11.0 Å². The Labute approximate surface area is 144 Å². The highest BCUT2D eigenvalue weighted by atomic mass is 35.5. The van der Waals surface area contributed by atoms with Crippen LogP contribution in [0, 0.1) is 0 Å². The van der Waals surface area contributed by atoms with Gasteiger partial charge >= 0.3 is 11.6 Å². The van der Waals surface area contributed by atoms with Crippen LogP contribution < -0.4 is 10.4 Å². The van der Waals surface area contributed by atoms with Crippen LogP contribution in [0.3, 0.4) is 0 Å². The SMILES string of the molecule is CC(C)(C)OC(=O)COc1cc2oc(=O)c3c(c2cc1Cl)CCC3. The average Bonchev–Trinajstić information content (AvgIpc) is 2.95. The third-order valence-corrected chi connectivity index (χ3v) is 4.09. The molecular weight excluding hydrogens is 332 g/mol. The molecule has 1 aliphatic carbocycles. The van der Waals surface area contributed by atoms with E-state index in [9.17, 15) is 9.59 Å². The van der Waals surface area contributed by atoms with Crippen molar-refractivity contribution in [1.82, 2.24) is 0 Å². The predicted octanol–water partition coefficient (Wildman–Crippen LogP) is 3.66. The van der Waals surface area contributed by atoms with Crippen LogP contribution in [0.4, 0.5) is 0 Å². The first kappa shape index (κ1) is 16.8. The molecule has 1 heterocycles. The summed E-state index contributed by atoms with van der Waals surface area (Å²) in [5.74, 6) is -0.204. The minimum atomic E-state index is -0.582. The molecule has 24 heavy (non-hydrogen) atoms. The van der Waals surface area contributed by atoms with Crippen molar-refractivity contribution in [2.45, 2.75) is 45.6 Å². The monoisotopic (exact) mass is 350 g/mol. The Kier molecular flexibility index (Phi) is 4.30. The lowest BCUT2D eigenvalue weighted by Gasteiger charge is -2.19. The number of benzene rings is 1. The minimum absolute atomic E-state index is 0.266. The number of hydrogen-bond acceptors (Lipinski definition) is 5. The van der Waals surface area contributed by atoms with E-state index in [-0.39, 0.29) is 18.0 Å². The molecule has 0 unspecified atom stereocenters. The summed E-state index contributed by atoms with van der Waals surface area (Å²) >= 11 is 6.26. The molecule has 1 aromatic heterocycles. The van der Waals surface area contributed by atoms with Crippen LogP contribution in [0.1, 0.15) is 38.3 Å². The van der Waals surface area contributed by atoms with Crippen molar-refractivity contribution in [2.75, 3.05) is 6.61 Å². The number of rotatable bonds is 3. The normalized spacial score (nSPS) is 13.8. The maximum atomic E-state index is 12.0. The lowest BCUT2D eigenvalue weighted by atomic mass is 10.1. The Morgan fingerprint density at radius 3 is 2.67 bits per heavy atom. The van der Waals surface area contributed by atoms with Crippen molar-refractivity contribution in [2.24, 2.45) is 0 Å². The van der Waals surface area contributed by atoms with E-state index < -0.39 is 11.6 Å². The first-order chi connectivity index (χ1) is 11.2. The first-order valence-electron chi connectivity index (χ1n) is 7.87. The van der Waals surface area contributed by atoms with Gasteiger partial charge in [-0.25, -0.2) is 9.59 Å². The second-order valence-corrected chi connectivity index (χ2v) is 7.26. The Hall–Kier alpha value is -2.01. The maximum absolute atomic E-state index is 12.0. The maximum Gasteiger partial charge on any atom is 0.344 e. The zero-order chi connectivity index (χ0) is 17.5. The van der Waals surface area contributed by atoms with E-state index in [1.165, 1.54) is 0 Å². The molecule has 1 aromatic carbocycles. The molecule has 0 spiro atoms. The number of hydrogen-bond donors (Lipinski definition) is 0. The number of carbonyl (C=O) groups is 1. The third kappa shape index (κ3) is 3.41. The molecule has 0 bridgehead atoms. The van der Waals surface area contributed by atoms with Crippen molar-refractivity contribution in [3.63, 3.8) is 0 Å². The van der Waals surface area contributed by atoms with E-state index in [0.717, 1.165) is 35.8 Å². The number of halogens is 1. The molecule has 0 amide bonds. The molecule has 6 heteroatoms. The summed E-state index contributed by atoms with van der Waals surface area (Å²) in [5, 5.41) is 1.20. The van der Waals surface area contributed by atoms with Crippen LogP contribution in [0.5, 0.6) is 5.75 Å². The molecule has 0 N–H and O–H groups in total. The Morgan fingerprint density at radius 1 is 1.25 bits per heavy atom. The average molecular weight is 351 g/mol. The topological polar surface area (TPSA) is 65.7 Å². The fourth-order valence-electron chi connectivity index (χ4n) is 2.90. The van der Waals surface area contributed by atoms with Crippen LogP contribution >= 0.6 is 11.6 Å². The van der Waals surface area contributed by atoms with Crippen molar-refractivity contribution >= 4 is 28.5 Å². The molecule has 0 aliphatic heterocycles. The molecule has 2 aromatic rings. The Morgan fingerprint density at radius 2 is 1.96 bits per heavy atom. The predicted molar refractivity (Wildman–Crippen MR) is 90.9 cm³/mol. The first-order valence-corrected chi connectivity index (χ1v) is 8.25. The smallest absolute Gasteiger partial charge is 0.344 e. The zero-order valence-electron chi connectivity index (χ0n) is 13.9. The van der Waals surface area contributed by atoms with Gasteiger partial charge in [0.2, 0.25) is 0 Å². The van der Waals surface area contributed by atoms with Gasteiger partial charge < -0.3 is 13.9 Å². The standard InChI is InChI=1S/C18H19ClO5/c1-18(2,3)24-16(20)9-22-15-8-14-12(7-13(15)19)10-5-4-6-11(10)17(21)23-14/h7-8H,4-6,9H2,1-3H3. The summed E-state index contributed by atoms with van der Waals surface area (Å²) in [6.07, 6.45) is 2.52. The molecule has 5 nitrogen and oxygen atoms in total. The third-order valence-electron chi connectivity index (χ3n) is 3.79.